The lowest BCUT2D eigenvalue weighted by molar-refractivity contribution is 0.418. The molecule has 1 saturated heterocycles. The Balaban J connectivity index is 1.55. The predicted octanol–water partition coefficient (Wildman–Crippen LogP) is 2.00. The SMILES string of the molecule is Cc1csc(CNC2CCCN(c3ncccn3)C2)n1. The summed E-state index contributed by atoms with van der Waals surface area (Å²) >= 11 is 1.72. The third-order valence-electron chi connectivity index (χ3n) is 3.46. The van der Waals surface area contributed by atoms with Crippen molar-refractivity contribution in [2.24, 2.45) is 0 Å². The number of aryl methyl sites for hydroxylation is 1. The van der Waals surface area contributed by atoms with E-state index >= 15 is 0 Å². The monoisotopic (exact) mass is 289 g/mol. The topological polar surface area (TPSA) is 53.9 Å². The van der Waals surface area contributed by atoms with Gasteiger partial charge in [0.15, 0.2) is 0 Å². The molecule has 3 rings (SSSR count). The van der Waals surface area contributed by atoms with Crippen LogP contribution in [0.1, 0.15) is 23.5 Å². The van der Waals surface area contributed by atoms with Crippen molar-refractivity contribution in [3.05, 3.63) is 34.5 Å². The van der Waals surface area contributed by atoms with Crippen LogP contribution in [0.5, 0.6) is 0 Å². The summed E-state index contributed by atoms with van der Waals surface area (Å²) in [6.07, 6.45) is 5.98. The van der Waals surface area contributed by atoms with Gasteiger partial charge in [-0.15, -0.1) is 11.3 Å². The van der Waals surface area contributed by atoms with Crippen molar-refractivity contribution < 1.29 is 0 Å². The van der Waals surface area contributed by atoms with Gasteiger partial charge in [-0.2, -0.15) is 0 Å². The normalized spacial score (nSPS) is 19.2. The smallest absolute Gasteiger partial charge is 0.225 e. The Hall–Kier alpha value is -1.53. The lowest BCUT2D eigenvalue weighted by Crippen LogP contribution is -2.46. The molecule has 1 atom stereocenters. The van der Waals surface area contributed by atoms with Crippen molar-refractivity contribution in [2.45, 2.75) is 32.4 Å². The Morgan fingerprint density at radius 1 is 1.40 bits per heavy atom. The molecule has 0 bridgehead atoms. The van der Waals surface area contributed by atoms with Crippen molar-refractivity contribution in [2.75, 3.05) is 18.0 Å². The standard InChI is InChI=1S/C14H19N5S/c1-11-10-20-13(18-11)8-17-12-4-2-7-19(9-12)14-15-5-3-6-16-14/h3,5-6,10,12,17H,2,4,7-9H2,1H3. The fraction of sp³-hybridized carbons (Fsp3) is 0.500. The van der Waals surface area contributed by atoms with Gasteiger partial charge in [-0.3, -0.25) is 0 Å². The molecule has 2 aromatic heterocycles. The van der Waals surface area contributed by atoms with E-state index in [-0.39, 0.29) is 0 Å². The predicted molar refractivity (Wildman–Crippen MR) is 81.0 cm³/mol. The highest BCUT2D eigenvalue weighted by Gasteiger charge is 2.21. The van der Waals surface area contributed by atoms with E-state index in [2.05, 4.69) is 30.5 Å². The van der Waals surface area contributed by atoms with Crippen LogP contribution in [0, 0.1) is 6.92 Å². The van der Waals surface area contributed by atoms with E-state index in [1.807, 2.05) is 13.0 Å². The van der Waals surface area contributed by atoms with Crippen molar-refractivity contribution in [1.29, 1.82) is 0 Å². The summed E-state index contributed by atoms with van der Waals surface area (Å²) in [5.41, 5.74) is 1.11. The van der Waals surface area contributed by atoms with Crippen LogP contribution in [0.25, 0.3) is 0 Å². The van der Waals surface area contributed by atoms with Crippen LogP contribution in [0.3, 0.4) is 0 Å². The molecule has 0 amide bonds. The van der Waals surface area contributed by atoms with Crippen molar-refractivity contribution in [3.8, 4) is 0 Å². The highest BCUT2D eigenvalue weighted by molar-refractivity contribution is 7.09. The number of rotatable bonds is 4. The van der Waals surface area contributed by atoms with E-state index in [0.29, 0.717) is 6.04 Å². The molecule has 106 valence electrons. The Bertz CT molecular complexity index is 542. The molecule has 20 heavy (non-hydrogen) atoms. The molecule has 5 nitrogen and oxygen atoms in total. The molecule has 0 saturated carbocycles. The third-order valence-corrected chi connectivity index (χ3v) is 4.43. The molecule has 0 aromatic carbocycles. The molecule has 1 unspecified atom stereocenters. The zero-order valence-electron chi connectivity index (χ0n) is 11.6. The first kappa shape index (κ1) is 13.5. The highest BCUT2D eigenvalue weighted by Crippen LogP contribution is 2.16. The Labute approximate surface area is 123 Å². The van der Waals surface area contributed by atoms with Gasteiger partial charge in [-0.05, 0) is 25.8 Å². The van der Waals surface area contributed by atoms with Gasteiger partial charge in [0, 0.05) is 49.1 Å². The minimum absolute atomic E-state index is 0.483. The molecule has 6 heteroatoms. The number of nitrogens with one attached hydrogen (secondary N) is 1. The Kier molecular flexibility index (Phi) is 4.22. The second kappa shape index (κ2) is 6.28. The molecule has 2 aromatic rings. The van der Waals surface area contributed by atoms with Gasteiger partial charge in [0.2, 0.25) is 5.95 Å². The molecular weight excluding hydrogens is 270 g/mol. The number of thiazole rings is 1. The fourth-order valence-corrected chi connectivity index (χ4v) is 3.22. The zero-order valence-corrected chi connectivity index (χ0v) is 12.4. The van der Waals surface area contributed by atoms with Crippen LogP contribution in [0.15, 0.2) is 23.8 Å². The molecule has 1 aliphatic rings. The lowest BCUT2D eigenvalue weighted by Gasteiger charge is -2.33. The van der Waals surface area contributed by atoms with E-state index in [0.717, 1.165) is 36.3 Å². The van der Waals surface area contributed by atoms with E-state index in [1.54, 1.807) is 23.7 Å². The van der Waals surface area contributed by atoms with Gasteiger partial charge < -0.3 is 10.2 Å². The minimum atomic E-state index is 0.483. The van der Waals surface area contributed by atoms with Crippen LogP contribution in [-0.4, -0.2) is 34.1 Å². The second-order valence-electron chi connectivity index (χ2n) is 5.10. The van der Waals surface area contributed by atoms with Gasteiger partial charge >= 0.3 is 0 Å². The summed E-state index contributed by atoms with van der Waals surface area (Å²) < 4.78 is 0. The largest absolute Gasteiger partial charge is 0.339 e. The van der Waals surface area contributed by atoms with Gasteiger partial charge in [0.25, 0.3) is 0 Å². The summed E-state index contributed by atoms with van der Waals surface area (Å²) in [6.45, 7) is 4.90. The quantitative estimate of drug-likeness (QED) is 0.933. The van der Waals surface area contributed by atoms with Gasteiger partial charge in [0.05, 0.1) is 0 Å². The molecule has 3 heterocycles. The van der Waals surface area contributed by atoms with Crippen LogP contribution in [0.4, 0.5) is 5.95 Å². The number of piperidine rings is 1. The first-order chi connectivity index (χ1) is 9.81. The van der Waals surface area contributed by atoms with Crippen molar-refractivity contribution in [3.63, 3.8) is 0 Å². The van der Waals surface area contributed by atoms with E-state index in [1.165, 1.54) is 12.8 Å². The summed E-state index contributed by atoms with van der Waals surface area (Å²) in [4.78, 5) is 15.4. The fourth-order valence-electron chi connectivity index (χ4n) is 2.50. The maximum atomic E-state index is 4.49. The molecule has 1 aliphatic heterocycles. The Morgan fingerprint density at radius 2 is 2.25 bits per heavy atom. The summed E-state index contributed by atoms with van der Waals surface area (Å²) in [5, 5.41) is 6.86. The average molecular weight is 289 g/mol. The maximum Gasteiger partial charge on any atom is 0.225 e. The lowest BCUT2D eigenvalue weighted by atomic mass is 10.1. The summed E-state index contributed by atoms with van der Waals surface area (Å²) in [7, 11) is 0. The van der Waals surface area contributed by atoms with Crippen molar-refractivity contribution in [1.82, 2.24) is 20.3 Å². The van der Waals surface area contributed by atoms with Crippen LogP contribution < -0.4 is 10.2 Å². The molecule has 1 N–H and O–H groups in total. The first-order valence-corrected chi connectivity index (χ1v) is 7.85. The molecule has 0 radical (unpaired) electrons. The number of hydrogen-bond donors (Lipinski definition) is 1. The van der Waals surface area contributed by atoms with Crippen LogP contribution in [-0.2, 0) is 6.54 Å². The first-order valence-electron chi connectivity index (χ1n) is 6.97. The maximum absolute atomic E-state index is 4.49. The van der Waals surface area contributed by atoms with Crippen LogP contribution >= 0.6 is 11.3 Å². The molecule has 0 aliphatic carbocycles. The molecular formula is C14H19N5S. The third kappa shape index (κ3) is 3.32. The number of hydrogen-bond acceptors (Lipinski definition) is 6. The van der Waals surface area contributed by atoms with Gasteiger partial charge in [-0.25, -0.2) is 15.0 Å². The summed E-state index contributed by atoms with van der Waals surface area (Å²) in [6, 6.07) is 2.34. The van der Waals surface area contributed by atoms with E-state index in [4.69, 9.17) is 0 Å². The zero-order chi connectivity index (χ0) is 13.8. The van der Waals surface area contributed by atoms with Crippen molar-refractivity contribution >= 4 is 17.3 Å². The van der Waals surface area contributed by atoms with E-state index in [9.17, 15) is 0 Å². The summed E-state index contributed by atoms with van der Waals surface area (Å²) in [5.74, 6) is 0.837. The van der Waals surface area contributed by atoms with Gasteiger partial charge in [-0.1, -0.05) is 0 Å². The molecule has 1 fully saturated rings. The second-order valence-corrected chi connectivity index (χ2v) is 6.04. The number of nitrogens with zero attached hydrogens (tertiary/aromatic N) is 4. The highest BCUT2D eigenvalue weighted by atomic mass is 32.1. The number of aromatic nitrogens is 3. The molecule has 0 spiro atoms. The minimum Gasteiger partial charge on any atom is -0.339 e. The average Bonchev–Trinajstić information content (AvgIpc) is 2.92. The van der Waals surface area contributed by atoms with Gasteiger partial charge in [0.1, 0.15) is 5.01 Å². The van der Waals surface area contributed by atoms with Crippen LogP contribution in [0.2, 0.25) is 0 Å². The number of anilines is 1. The van der Waals surface area contributed by atoms with E-state index < -0.39 is 0 Å². The Morgan fingerprint density at radius 3 is 3.00 bits per heavy atom.